The van der Waals surface area contributed by atoms with Crippen LogP contribution in [0.2, 0.25) is 0 Å². The van der Waals surface area contributed by atoms with Gasteiger partial charge >= 0.3 is 12.1 Å². The number of aromatic nitrogens is 4. The molecular formula is C26H24F3N5O3. The fourth-order valence-electron chi connectivity index (χ4n) is 3.98. The second-order valence-electron chi connectivity index (χ2n) is 8.72. The second-order valence-corrected chi connectivity index (χ2v) is 8.72. The molecule has 11 heteroatoms. The van der Waals surface area contributed by atoms with E-state index in [1.165, 1.54) is 5.56 Å². The number of carboxylic acids is 1. The van der Waals surface area contributed by atoms with Crippen LogP contribution in [0.4, 0.5) is 13.2 Å². The zero-order chi connectivity index (χ0) is 26.6. The molecule has 1 saturated heterocycles. The van der Waals surface area contributed by atoms with Crippen LogP contribution in [0.15, 0.2) is 67.1 Å². The van der Waals surface area contributed by atoms with E-state index in [9.17, 15) is 18.0 Å². The molecule has 5 rings (SSSR count). The van der Waals surface area contributed by atoms with Crippen LogP contribution in [0.25, 0.3) is 16.8 Å². The molecule has 1 N–H and O–H groups in total. The van der Waals surface area contributed by atoms with Crippen molar-refractivity contribution in [3.63, 3.8) is 0 Å². The van der Waals surface area contributed by atoms with E-state index in [1.54, 1.807) is 12.4 Å². The molecule has 1 unspecified atom stereocenters. The van der Waals surface area contributed by atoms with Gasteiger partial charge in [0, 0.05) is 43.2 Å². The Labute approximate surface area is 210 Å². The van der Waals surface area contributed by atoms with Crippen LogP contribution >= 0.6 is 0 Å². The van der Waals surface area contributed by atoms with Gasteiger partial charge in [0.05, 0.1) is 6.42 Å². The Hall–Kier alpha value is -4.28. The third kappa shape index (κ3) is 6.49. The lowest BCUT2D eigenvalue weighted by molar-refractivity contribution is -0.192. The number of nitrogens with zero attached hydrogens (tertiary/aromatic N) is 5. The summed E-state index contributed by atoms with van der Waals surface area (Å²) in [5, 5.41) is 11.8. The van der Waals surface area contributed by atoms with E-state index in [2.05, 4.69) is 30.1 Å². The standard InChI is InChI=1S/C24H23N5O.C2HF3O2/c1-17-2-4-18(5-3-17)14-23(30)28-13-10-21(15-28)24-26-22-7-6-20(16-29(22)27-24)19-8-11-25-12-9-19;3-2(4,5)1(6)7/h2-9,11-12,16,21H,10,13-15H2,1H3;(H,6,7). The topological polar surface area (TPSA) is 101 Å². The molecule has 0 aliphatic carbocycles. The Bertz CT molecular complexity index is 1390. The Balaban J connectivity index is 0.000000405. The fraction of sp³-hybridized carbons (Fsp3) is 0.269. The van der Waals surface area contributed by atoms with Crippen molar-refractivity contribution in [2.24, 2.45) is 0 Å². The van der Waals surface area contributed by atoms with E-state index < -0.39 is 12.1 Å². The molecule has 3 aromatic heterocycles. The normalized spacial score (nSPS) is 15.4. The van der Waals surface area contributed by atoms with Crippen LogP contribution in [0.1, 0.15) is 29.3 Å². The van der Waals surface area contributed by atoms with E-state index in [0.29, 0.717) is 13.0 Å². The van der Waals surface area contributed by atoms with Crippen molar-refractivity contribution in [1.29, 1.82) is 0 Å². The minimum atomic E-state index is -5.08. The Morgan fingerprint density at radius 1 is 1.03 bits per heavy atom. The summed E-state index contributed by atoms with van der Waals surface area (Å²) in [5.41, 5.74) is 5.26. The Morgan fingerprint density at radius 3 is 2.35 bits per heavy atom. The molecule has 4 heterocycles. The summed E-state index contributed by atoms with van der Waals surface area (Å²) >= 11 is 0. The van der Waals surface area contributed by atoms with Crippen LogP contribution in [-0.2, 0) is 16.0 Å². The predicted molar refractivity (Wildman–Crippen MR) is 129 cm³/mol. The Kier molecular flexibility index (Phi) is 7.51. The number of pyridine rings is 2. The number of amides is 1. The number of rotatable bonds is 4. The second kappa shape index (κ2) is 10.8. The van der Waals surface area contributed by atoms with Crippen molar-refractivity contribution in [2.45, 2.75) is 31.9 Å². The van der Waals surface area contributed by atoms with Crippen molar-refractivity contribution in [2.75, 3.05) is 13.1 Å². The number of carboxylic acid groups (broad SMARTS) is 1. The number of aliphatic carboxylic acids is 1. The lowest BCUT2D eigenvalue weighted by Gasteiger charge is -2.16. The van der Waals surface area contributed by atoms with E-state index in [4.69, 9.17) is 20.0 Å². The van der Waals surface area contributed by atoms with Gasteiger partial charge in [-0.2, -0.15) is 18.3 Å². The highest BCUT2D eigenvalue weighted by Gasteiger charge is 2.38. The molecule has 1 fully saturated rings. The molecular weight excluding hydrogens is 487 g/mol. The third-order valence-corrected chi connectivity index (χ3v) is 5.99. The first-order valence-electron chi connectivity index (χ1n) is 11.5. The summed E-state index contributed by atoms with van der Waals surface area (Å²) in [6.45, 7) is 3.49. The molecule has 0 bridgehead atoms. The maximum atomic E-state index is 12.7. The smallest absolute Gasteiger partial charge is 0.475 e. The van der Waals surface area contributed by atoms with Crippen LogP contribution in [0.5, 0.6) is 0 Å². The van der Waals surface area contributed by atoms with Crippen molar-refractivity contribution in [3.8, 4) is 11.1 Å². The first kappa shape index (κ1) is 25.8. The molecule has 0 radical (unpaired) electrons. The summed E-state index contributed by atoms with van der Waals surface area (Å²) < 4.78 is 33.6. The van der Waals surface area contributed by atoms with Crippen molar-refractivity contribution >= 4 is 17.5 Å². The molecule has 1 aromatic carbocycles. The van der Waals surface area contributed by atoms with Gasteiger partial charge in [-0.25, -0.2) is 14.3 Å². The number of carbonyl (C=O) groups excluding carboxylic acids is 1. The van der Waals surface area contributed by atoms with Crippen LogP contribution < -0.4 is 0 Å². The van der Waals surface area contributed by atoms with Crippen LogP contribution in [0, 0.1) is 6.92 Å². The maximum Gasteiger partial charge on any atom is 0.490 e. The molecule has 37 heavy (non-hydrogen) atoms. The highest BCUT2D eigenvalue weighted by molar-refractivity contribution is 5.79. The largest absolute Gasteiger partial charge is 0.490 e. The summed E-state index contributed by atoms with van der Waals surface area (Å²) in [5.74, 6) is -1.60. The van der Waals surface area contributed by atoms with E-state index >= 15 is 0 Å². The maximum absolute atomic E-state index is 12.7. The summed E-state index contributed by atoms with van der Waals surface area (Å²) in [7, 11) is 0. The lowest BCUT2D eigenvalue weighted by atomic mass is 10.1. The molecule has 1 amide bonds. The van der Waals surface area contributed by atoms with Crippen molar-refractivity contribution < 1.29 is 27.9 Å². The first-order chi connectivity index (χ1) is 17.6. The molecule has 0 saturated carbocycles. The third-order valence-electron chi connectivity index (χ3n) is 5.99. The summed E-state index contributed by atoms with van der Waals surface area (Å²) in [4.78, 5) is 32.4. The van der Waals surface area contributed by atoms with Crippen LogP contribution in [0.3, 0.4) is 0 Å². The number of hydrogen-bond donors (Lipinski definition) is 1. The number of benzene rings is 1. The zero-order valence-electron chi connectivity index (χ0n) is 19.9. The average Bonchev–Trinajstić information content (AvgIpc) is 3.53. The minimum absolute atomic E-state index is 0.171. The molecule has 1 aliphatic heterocycles. The number of carbonyl (C=O) groups is 2. The number of aryl methyl sites for hydroxylation is 1. The molecule has 1 atom stereocenters. The number of likely N-dealkylation sites (tertiary alicyclic amines) is 1. The minimum Gasteiger partial charge on any atom is -0.475 e. The first-order valence-corrected chi connectivity index (χ1v) is 11.5. The Morgan fingerprint density at radius 2 is 1.70 bits per heavy atom. The van der Waals surface area contributed by atoms with Gasteiger partial charge in [-0.05, 0) is 48.7 Å². The highest BCUT2D eigenvalue weighted by atomic mass is 19.4. The number of fused-ring (bicyclic) bond motifs is 1. The zero-order valence-corrected chi connectivity index (χ0v) is 19.9. The monoisotopic (exact) mass is 511 g/mol. The van der Waals surface area contributed by atoms with Gasteiger partial charge in [0.25, 0.3) is 0 Å². The van der Waals surface area contributed by atoms with Crippen LogP contribution in [-0.4, -0.2) is 60.7 Å². The predicted octanol–water partition coefficient (Wildman–Crippen LogP) is 4.29. The van der Waals surface area contributed by atoms with Gasteiger partial charge in [-0.1, -0.05) is 29.8 Å². The van der Waals surface area contributed by atoms with Crippen molar-refractivity contribution in [1.82, 2.24) is 24.5 Å². The molecule has 1 aliphatic rings. The van der Waals surface area contributed by atoms with E-state index in [-0.39, 0.29) is 11.8 Å². The molecule has 192 valence electrons. The van der Waals surface area contributed by atoms with Gasteiger partial charge in [-0.3, -0.25) is 9.78 Å². The fourth-order valence-corrected chi connectivity index (χ4v) is 3.98. The lowest BCUT2D eigenvalue weighted by Crippen LogP contribution is -2.30. The van der Waals surface area contributed by atoms with Gasteiger partial charge < -0.3 is 10.0 Å². The quantitative estimate of drug-likeness (QED) is 0.439. The number of alkyl halides is 3. The van der Waals surface area contributed by atoms with Gasteiger partial charge in [0.1, 0.15) is 0 Å². The number of halogens is 3. The summed E-state index contributed by atoms with van der Waals surface area (Å²) in [6, 6.07) is 16.2. The van der Waals surface area contributed by atoms with Gasteiger partial charge in [0.2, 0.25) is 5.91 Å². The molecule has 8 nitrogen and oxygen atoms in total. The van der Waals surface area contributed by atoms with E-state index in [1.807, 2.05) is 45.9 Å². The molecule has 0 spiro atoms. The highest BCUT2D eigenvalue weighted by Crippen LogP contribution is 2.27. The van der Waals surface area contributed by atoms with Gasteiger partial charge in [-0.15, -0.1) is 0 Å². The van der Waals surface area contributed by atoms with Gasteiger partial charge in [0.15, 0.2) is 11.5 Å². The molecule has 4 aromatic rings. The number of hydrogen-bond acceptors (Lipinski definition) is 5. The SMILES string of the molecule is Cc1ccc(CC(=O)N2CCC(c3nc4ccc(-c5ccncc5)cn4n3)C2)cc1.O=C(O)C(F)(F)F. The summed E-state index contributed by atoms with van der Waals surface area (Å²) in [6.07, 6.45) is 1.82. The average molecular weight is 512 g/mol. The van der Waals surface area contributed by atoms with Crippen molar-refractivity contribution in [3.05, 3.63) is 84.1 Å². The van der Waals surface area contributed by atoms with E-state index in [0.717, 1.165) is 41.1 Å².